The average molecular weight is 436 g/mol. The molecule has 156 valence electrons. The first-order chi connectivity index (χ1) is 14.0. The fourth-order valence-electron chi connectivity index (χ4n) is 3.45. The molecule has 1 amide bonds. The summed E-state index contributed by atoms with van der Waals surface area (Å²) < 4.78 is 29.0. The number of amides is 1. The van der Waals surface area contributed by atoms with Crippen molar-refractivity contribution in [3.63, 3.8) is 0 Å². The molecule has 6 nitrogen and oxygen atoms in total. The number of benzene rings is 2. The van der Waals surface area contributed by atoms with Crippen molar-refractivity contribution in [1.29, 1.82) is 0 Å². The van der Waals surface area contributed by atoms with E-state index < -0.39 is 10.0 Å². The number of carbonyl (C=O) groups is 1. The Bertz CT molecular complexity index is 944. The molecule has 2 aromatic carbocycles. The van der Waals surface area contributed by atoms with Crippen LogP contribution in [0.4, 0.5) is 5.69 Å². The molecular weight excluding hydrogens is 410 g/mol. The molecule has 0 atom stereocenters. The van der Waals surface area contributed by atoms with Crippen LogP contribution >= 0.6 is 11.6 Å². The van der Waals surface area contributed by atoms with Crippen molar-refractivity contribution in [3.8, 4) is 0 Å². The van der Waals surface area contributed by atoms with E-state index in [-0.39, 0.29) is 21.5 Å². The number of quaternary nitrogens is 1. The summed E-state index contributed by atoms with van der Waals surface area (Å²) in [6.07, 6.45) is 4.79. The summed E-state index contributed by atoms with van der Waals surface area (Å²) >= 11 is 6.00. The maximum absolute atomic E-state index is 12.6. The van der Waals surface area contributed by atoms with Gasteiger partial charge in [0.15, 0.2) is 0 Å². The Morgan fingerprint density at radius 2 is 1.83 bits per heavy atom. The van der Waals surface area contributed by atoms with Crippen molar-refractivity contribution < 1.29 is 18.1 Å². The van der Waals surface area contributed by atoms with Gasteiger partial charge in [0.2, 0.25) is 0 Å². The van der Waals surface area contributed by atoms with Crippen LogP contribution in [0.25, 0.3) is 4.72 Å². The Morgan fingerprint density at radius 3 is 2.59 bits per heavy atom. The zero-order valence-electron chi connectivity index (χ0n) is 16.2. The molecule has 29 heavy (non-hydrogen) atoms. The number of rotatable bonds is 8. The third-order valence-electron chi connectivity index (χ3n) is 5.02. The minimum atomic E-state index is -3.97. The number of hydrogen-bond donors (Lipinski definition) is 2. The molecule has 0 unspecified atom stereocenters. The molecular formula is C21H26ClN3O3S. The van der Waals surface area contributed by atoms with E-state index in [1.807, 2.05) is 0 Å². The van der Waals surface area contributed by atoms with Gasteiger partial charge in [0.1, 0.15) is 10.0 Å². The highest BCUT2D eigenvalue weighted by molar-refractivity contribution is 7.94. The molecule has 0 aromatic heterocycles. The minimum absolute atomic E-state index is 0.0390. The lowest BCUT2D eigenvalue weighted by molar-refractivity contribution is -0.904. The predicted molar refractivity (Wildman–Crippen MR) is 114 cm³/mol. The van der Waals surface area contributed by atoms with Gasteiger partial charge < -0.3 is 14.9 Å². The van der Waals surface area contributed by atoms with Crippen molar-refractivity contribution in [3.05, 3.63) is 63.8 Å². The Morgan fingerprint density at radius 1 is 1.07 bits per heavy atom. The molecule has 0 radical (unpaired) electrons. The summed E-state index contributed by atoms with van der Waals surface area (Å²) in [6.45, 7) is 4.04. The van der Waals surface area contributed by atoms with Crippen LogP contribution in [0.3, 0.4) is 0 Å². The largest absolute Gasteiger partial charge is 0.572 e. The van der Waals surface area contributed by atoms with E-state index in [9.17, 15) is 13.2 Å². The number of hydrogen-bond acceptors (Lipinski definition) is 3. The number of carbonyl (C=O) groups excluding carboxylic acids is 1. The molecule has 2 aromatic rings. The molecule has 2 N–H and O–H groups in total. The molecule has 1 heterocycles. The molecule has 1 saturated heterocycles. The van der Waals surface area contributed by atoms with E-state index in [1.54, 1.807) is 35.2 Å². The lowest BCUT2D eigenvalue weighted by atomic mass is 10.1. The highest BCUT2D eigenvalue weighted by Crippen LogP contribution is 2.33. The van der Waals surface area contributed by atoms with Crippen molar-refractivity contribution in [2.45, 2.75) is 30.6 Å². The average Bonchev–Trinajstić information content (AvgIpc) is 2.73. The topological polar surface area (TPSA) is 81.8 Å². The van der Waals surface area contributed by atoms with Gasteiger partial charge in [-0.05, 0) is 43.5 Å². The smallest absolute Gasteiger partial charge is 0.251 e. The van der Waals surface area contributed by atoms with Crippen LogP contribution in [0, 0.1) is 0 Å². The van der Waals surface area contributed by atoms with Gasteiger partial charge in [0, 0.05) is 23.6 Å². The first kappa shape index (κ1) is 21.6. The van der Waals surface area contributed by atoms with Gasteiger partial charge in [-0.25, -0.2) is 8.42 Å². The summed E-state index contributed by atoms with van der Waals surface area (Å²) in [5.74, 6) is -0.284. The van der Waals surface area contributed by atoms with Crippen molar-refractivity contribution >= 4 is 33.2 Å². The third-order valence-corrected chi connectivity index (χ3v) is 6.62. The van der Waals surface area contributed by atoms with Crippen molar-refractivity contribution in [2.24, 2.45) is 0 Å². The number of sulfonamides is 1. The molecule has 3 rings (SSSR count). The normalized spacial score (nSPS) is 15.1. The van der Waals surface area contributed by atoms with Gasteiger partial charge in [-0.2, -0.15) is 0 Å². The van der Waals surface area contributed by atoms with Gasteiger partial charge in [-0.3, -0.25) is 4.79 Å². The summed E-state index contributed by atoms with van der Waals surface area (Å²) in [6, 6.07) is 12.4. The highest BCUT2D eigenvalue weighted by atomic mass is 35.5. The van der Waals surface area contributed by atoms with Gasteiger partial charge in [-0.1, -0.05) is 35.9 Å². The van der Waals surface area contributed by atoms with Gasteiger partial charge in [0.05, 0.1) is 24.5 Å². The standard InChI is InChI=1S/C21H25ClN3O3S/c22-19-10-2-3-11-20(19)24-29(27,28)18-9-6-8-17(16-18)21(26)23-12-7-15-25-13-4-1-5-14-25/h2-3,6,8-11,16H,1,4-5,7,12-15H2,(H,23,26)/q-1/p+1. The second kappa shape index (κ2) is 10.1. The summed E-state index contributed by atoms with van der Waals surface area (Å²) in [7, 11) is -3.97. The number of nitrogens with one attached hydrogen (secondary N) is 2. The van der Waals surface area contributed by atoms with Crippen LogP contribution < -0.4 is 10.2 Å². The number of likely N-dealkylation sites (tertiary alicyclic amines) is 1. The first-order valence-corrected chi connectivity index (χ1v) is 11.7. The van der Waals surface area contributed by atoms with Crippen molar-refractivity contribution in [1.82, 2.24) is 5.32 Å². The molecule has 0 aliphatic carbocycles. The van der Waals surface area contributed by atoms with Gasteiger partial charge in [-0.15, -0.1) is 5.69 Å². The van der Waals surface area contributed by atoms with Crippen LogP contribution in [-0.4, -0.2) is 40.5 Å². The predicted octanol–water partition coefficient (Wildman–Crippen LogP) is 2.92. The first-order valence-electron chi connectivity index (χ1n) is 9.90. The van der Waals surface area contributed by atoms with E-state index in [2.05, 4.69) is 10.0 Å². The van der Waals surface area contributed by atoms with Crippen LogP contribution in [0.15, 0.2) is 53.4 Å². The Kier molecular flexibility index (Phi) is 7.52. The molecule has 8 heteroatoms. The SMILES string of the molecule is O=C(NCCC[NH+]1CCCCC1)c1cccc(S(=O)(=O)[N-]c2ccccc2Cl)c1. The van der Waals surface area contributed by atoms with E-state index in [4.69, 9.17) is 11.6 Å². The van der Waals surface area contributed by atoms with Crippen LogP contribution in [0.1, 0.15) is 36.0 Å². The van der Waals surface area contributed by atoms with Gasteiger partial charge >= 0.3 is 0 Å². The fourth-order valence-corrected chi connectivity index (χ4v) is 4.73. The Hall–Kier alpha value is -2.09. The number of piperidine rings is 1. The Balaban J connectivity index is 1.57. The molecule has 1 aliphatic rings. The monoisotopic (exact) mass is 435 g/mol. The quantitative estimate of drug-likeness (QED) is 0.625. The number of halogens is 1. The van der Waals surface area contributed by atoms with E-state index in [0.717, 1.165) is 13.0 Å². The molecule has 1 aliphatic heterocycles. The van der Waals surface area contributed by atoms with E-state index in [0.29, 0.717) is 12.1 Å². The zero-order chi connectivity index (χ0) is 20.7. The summed E-state index contributed by atoms with van der Waals surface area (Å²) in [5, 5.41) is 3.13. The molecule has 0 saturated carbocycles. The van der Waals surface area contributed by atoms with E-state index in [1.165, 1.54) is 50.6 Å². The van der Waals surface area contributed by atoms with Crippen molar-refractivity contribution in [2.75, 3.05) is 26.2 Å². The molecule has 0 bridgehead atoms. The maximum atomic E-state index is 12.6. The minimum Gasteiger partial charge on any atom is -0.572 e. The molecule has 1 fully saturated rings. The third kappa shape index (κ3) is 6.19. The second-order valence-electron chi connectivity index (χ2n) is 7.22. The van der Waals surface area contributed by atoms with Crippen LogP contribution in [-0.2, 0) is 10.0 Å². The zero-order valence-corrected chi connectivity index (χ0v) is 17.8. The second-order valence-corrected chi connectivity index (χ2v) is 9.23. The highest BCUT2D eigenvalue weighted by Gasteiger charge is 2.14. The molecule has 0 spiro atoms. The lowest BCUT2D eigenvalue weighted by Gasteiger charge is -2.23. The maximum Gasteiger partial charge on any atom is 0.251 e. The van der Waals surface area contributed by atoms with E-state index >= 15 is 0 Å². The van der Waals surface area contributed by atoms with Gasteiger partial charge in [0.25, 0.3) is 5.91 Å². The summed E-state index contributed by atoms with van der Waals surface area (Å²) in [4.78, 5) is 14.0. The van der Waals surface area contributed by atoms with Crippen LogP contribution in [0.5, 0.6) is 0 Å². The number of nitrogens with zero attached hydrogens (tertiary/aromatic N) is 1. The summed E-state index contributed by atoms with van der Waals surface area (Å²) in [5.41, 5.74) is 0.468. The van der Waals surface area contributed by atoms with Crippen LogP contribution in [0.2, 0.25) is 5.02 Å². The lowest BCUT2D eigenvalue weighted by Crippen LogP contribution is -3.12. The fraction of sp³-hybridized carbons (Fsp3) is 0.381. The Labute approximate surface area is 177 Å².